The minimum atomic E-state index is 0.170. The van der Waals surface area contributed by atoms with E-state index in [9.17, 15) is 0 Å². The molecule has 0 amide bonds. The number of aliphatic imine (C=N–C) groups is 1. The lowest BCUT2D eigenvalue weighted by atomic mass is 10.1. The highest BCUT2D eigenvalue weighted by Gasteiger charge is 1.97. The first-order valence-electron chi connectivity index (χ1n) is 3.09. The maximum absolute atomic E-state index is 4.04. The second-order valence-electron chi connectivity index (χ2n) is 2.24. The fourth-order valence-corrected chi connectivity index (χ4v) is 0.731. The quantitative estimate of drug-likeness (QED) is 0.365. The van der Waals surface area contributed by atoms with Crippen LogP contribution < -0.4 is 0 Å². The molecule has 0 fully saturated rings. The van der Waals surface area contributed by atoms with E-state index in [1.165, 1.54) is 0 Å². The average Bonchev–Trinajstić information content (AvgIpc) is 1.85. The molecule has 0 radical (unpaired) electrons. The zero-order valence-electron chi connectivity index (χ0n) is 6.46. The molecule has 0 aliphatic carbocycles. The first-order chi connectivity index (χ1) is 4.57. The summed E-state index contributed by atoms with van der Waals surface area (Å²) < 4.78 is 0. The SMILES string of the molecule is C=N[C@H](C)/C(C)=C/C(=C)S. The van der Waals surface area contributed by atoms with Crippen LogP contribution in [0.3, 0.4) is 0 Å². The summed E-state index contributed by atoms with van der Waals surface area (Å²) in [5, 5.41) is 0. The zero-order chi connectivity index (χ0) is 8.15. The molecule has 0 aliphatic heterocycles. The van der Waals surface area contributed by atoms with Crippen molar-refractivity contribution in [3.05, 3.63) is 23.1 Å². The van der Waals surface area contributed by atoms with Crippen molar-refractivity contribution in [3.8, 4) is 0 Å². The molecule has 0 aliphatic rings. The lowest BCUT2D eigenvalue weighted by Gasteiger charge is -2.04. The molecule has 0 aromatic rings. The van der Waals surface area contributed by atoms with Crippen molar-refractivity contribution in [2.75, 3.05) is 0 Å². The van der Waals surface area contributed by atoms with Crippen LogP contribution in [-0.4, -0.2) is 12.8 Å². The Hall–Kier alpha value is -0.500. The van der Waals surface area contributed by atoms with Crippen LogP contribution >= 0.6 is 12.6 Å². The van der Waals surface area contributed by atoms with E-state index in [1.807, 2.05) is 19.9 Å². The number of rotatable bonds is 3. The smallest absolute Gasteiger partial charge is 0.0674 e. The van der Waals surface area contributed by atoms with Gasteiger partial charge in [-0.25, -0.2) is 0 Å². The fourth-order valence-electron chi connectivity index (χ4n) is 0.527. The van der Waals surface area contributed by atoms with E-state index in [2.05, 4.69) is 30.9 Å². The molecule has 0 heterocycles. The van der Waals surface area contributed by atoms with Gasteiger partial charge in [0.2, 0.25) is 0 Å². The third-order valence-electron chi connectivity index (χ3n) is 1.33. The molecule has 0 spiro atoms. The topological polar surface area (TPSA) is 12.4 Å². The van der Waals surface area contributed by atoms with E-state index in [-0.39, 0.29) is 6.04 Å². The first kappa shape index (κ1) is 9.50. The Morgan fingerprint density at radius 3 is 2.50 bits per heavy atom. The van der Waals surface area contributed by atoms with Gasteiger partial charge in [-0.15, -0.1) is 12.6 Å². The number of hydrogen-bond donors (Lipinski definition) is 1. The van der Waals surface area contributed by atoms with Crippen molar-refractivity contribution in [3.63, 3.8) is 0 Å². The largest absolute Gasteiger partial charge is 0.293 e. The molecule has 0 aromatic heterocycles. The molecule has 1 atom stereocenters. The summed E-state index contributed by atoms with van der Waals surface area (Å²) in [7, 11) is 0. The van der Waals surface area contributed by atoms with E-state index in [0.29, 0.717) is 0 Å². The summed E-state index contributed by atoms with van der Waals surface area (Å²) in [6, 6.07) is 0.170. The molecule has 10 heavy (non-hydrogen) atoms. The predicted molar refractivity (Wildman–Crippen MR) is 50.9 cm³/mol. The molecule has 2 heteroatoms. The molecule has 0 bridgehead atoms. The lowest BCUT2D eigenvalue weighted by Crippen LogP contribution is -1.97. The van der Waals surface area contributed by atoms with Gasteiger partial charge in [0.05, 0.1) is 6.04 Å². The number of hydrogen-bond acceptors (Lipinski definition) is 2. The summed E-state index contributed by atoms with van der Waals surface area (Å²) in [4.78, 5) is 4.61. The molecular weight excluding hydrogens is 142 g/mol. The Labute approximate surface area is 68.0 Å². The van der Waals surface area contributed by atoms with Gasteiger partial charge in [-0.2, -0.15) is 0 Å². The second kappa shape index (κ2) is 4.34. The van der Waals surface area contributed by atoms with Crippen molar-refractivity contribution >= 4 is 19.3 Å². The summed E-state index contributed by atoms with van der Waals surface area (Å²) >= 11 is 4.04. The third kappa shape index (κ3) is 3.51. The Balaban J connectivity index is 4.18. The van der Waals surface area contributed by atoms with E-state index in [4.69, 9.17) is 0 Å². The lowest BCUT2D eigenvalue weighted by molar-refractivity contribution is 0.870. The summed E-state index contributed by atoms with van der Waals surface area (Å²) in [5.74, 6) is 0. The second-order valence-corrected chi connectivity index (χ2v) is 2.81. The van der Waals surface area contributed by atoms with Crippen molar-refractivity contribution in [1.82, 2.24) is 0 Å². The summed E-state index contributed by atoms with van der Waals surface area (Å²) in [6.07, 6.45) is 1.89. The maximum Gasteiger partial charge on any atom is 0.0674 e. The van der Waals surface area contributed by atoms with Gasteiger partial charge < -0.3 is 0 Å². The van der Waals surface area contributed by atoms with Gasteiger partial charge in [0.15, 0.2) is 0 Å². The predicted octanol–water partition coefficient (Wildman–Crippen LogP) is 2.47. The van der Waals surface area contributed by atoms with Crippen LogP contribution in [0.15, 0.2) is 28.1 Å². The molecule has 0 saturated carbocycles. The van der Waals surface area contributed by atoms with Crippen LogP contribution in [0.1, 0.15) is 13.8 Å². The molecular formula is C8H13NS. The van der Waals surface area contributed by atoms with Crippen molar-refractivity contribution in [2.24, 2.45) is 4.99 Å². The highest BCUT2D eigenvalue weighted by atomic mass is 32.1. The highest BCUT2D eigenvalue weighted by Crippen LogP contribution is 2.09. The zero-order valence-corrected chi connectivity index (χ0v) is 7.36. The van der Waals surface area contributed by atoms with Crippen LogP contribution in [0.25, 0.3) is 0 Å². The average molecular weight is 155 g/mol. The van der Waals surface area contributed by atoms with E-state index in [1.54, 1.807) is 0 Å². The Morgan fingerprint density at radius 1 is 1.70 bits per heavy atom. The van der Waals surface area contributed by atoms with E-state index < -0.39 is 0 Å². The summed E-state index contributed by atoms with van der Waals surface area (Å²) in [6.45, 7) is 11.0. The van der Waals surface area contributed by atoms with Crippen molar-refractivity contribution in [2.45, 2.75) is 19.9 Å². The van der Waals surface area contributed by atoms with Crippen molar-refractivity contribution < 1.29 is 0 Å². The first-order valence-corrected chi connectivity index (χ1v) is 3.54. The van der Waals surface area contributed by atoms with Gasteiger partial charge in [-0.05, 0) is 37.1 Å². The van der Waals surface area contributed by atoms with E-state index in [0.717, 1.165) is 10.5 Å². The molecule has 56 valence electrons. The number of nitrogens with zero attached hydrogens (tertiary/aromatic N) is 1. The maximum atomic E-state index is 4.04. The standard InChI is InChI=1S/C8H13NS/c1-6(5-7(2)10)8(3)9-4/h5,8,10H,2,4H2,1,3H3/b6-5+/t8-/m1/s1. The minimum Gasteiger partial charge on any atom is -0.293 e. The van der Waals surface area contributed by atoms with Gasteiger partial charge in [-0.1, -0.05) is 6.58 Å². The van der Waals surface area contributed by atoms with Gasteiger partial charge in [-0.3, -0.25) is 4.99 Å². The number of thiol groups is 1. The molecule has 1 nitrogen and oxygen atoms in total. The Kier molecular flexibility index (Phi) is 4.12. The monoisotopic (exact) mass is 155 g/mol. The summed E-state index contributed by atoms with van der Waals surface area (Å²) in [5.41, 5.74) is 1.13. The van der Waals surface area contributed by atoms with Crippen LogP contribution in [0, 0.1) is 0 Å². The van der Waals surface area contributed by atoms with Crippen LogP contribution in [0.5, 0.6) is 0 Å². The van der Waals surface area contributed by atoms with Crippen LogP contribution in [0.4, 0.5) is 0 Å². The number of allylic oxidation sites excluding steroid dienone is 1. The molecule has 0 N–H and O–H groups in total. The Morgan fingerprint density at radius 2 is 2.20 bits per heavy atom. The Bertz CT molecular complexity index is 170. The highest BCUT2D eigenvalue weighted by molar-refractivity contribution is 7.84. The van der Waals surface area contributed by atoms with Crippen LogP contribution in [-0.2, 0) is 0 Å². The van der Waals surface area contributed by atoms with Crippen molar-refractivity contribution in [1.29, 1.82) is 0 Å². The van der Waals surface area contributed by atoms with Crippen LogP contribution in [0.2, 0.25) is 0 Å². The molecule has 0 unspecified atom stereocenters. The van der Waals surface area contributed by atoms with Gasteiger partial charge in [0.1, 0.15) is 0 Å². The molecule has 0 saturated heterocycles. The van der Waals surface area contributed by atoms with E-state index >= 15 is 0 Å². The van der Waals surface area contributed by atoms with Gasteiger partial charge in [0, 0.05) is 0 Å². The minimum absolute atomic E-state index is 0.170. The fraction of sp³-hybridized carbons (Fsp3) is 0.375. The third-order valence-corrected chi connectivity index (χ3v) is 1.46. The molecule has 0 aromatic carbocycles. The van der Waals surface area contributed by atoms with Gasteiger partial charge >= 0.3 is 0 Å². The van der Waals surface area contributed by atoms with Gasteiger partial charge in [0.25, 0.3) is 0 Å². The molecule has 0 rings (SSSR count). The normalized spacial score (nSPS) is 14.5.